The summed E-state index contributed by atoms with van der Waals surface area (Å²) in [6.07, 6.45) is 5.00. The third kappa shape index (κ3) is 5.66. The zero-order chi connectivity index (χ0) is 18.2. The van der Waals surface area contributed by atoms with Crippen molar-refractivity contribution in [2.24, 2.45) is 0 Å². The normalized spacial score (nSPS) is 15.9. The Kier molecular flexibility index (Phi) is 7.10. The van der Waals surface area contributed by atoms with Crippen molar-refractivity contribution in [2.75, 3.05) is 36.9 Å². The van der Waals surface area contributed by atoms with Crippen molar-refractivity contribution < 1.29 is 9.59 Å². The second-order valence-corrected chi connectivity index (χ2v) is 6.62. The van der Waals surface area contributed by atoms with Gasteiger partial charge in [0.2, 0.25) is 5.91 Å². The molecule has 0 radical (unpaired) electrons. The number of amides is 3. The highest BCUT2D eigenvalue weighted by Gasteiger charge is 2.18. The number of nitrogens with zero attached hydrogens (tertiary/aromatic N) is 2. The minimum atomic E-state index is -0.557. The van der Waals surface area contributed by atoms with Crippen LogP contribution in [-0.4, -0.2) is 49.6 Å². The first kappa shape index (κ1) is 19.1. The van der Waals surface area contributed by atoms with Gasteiger partial charge in [-0.1, -0.05) is 18.9 Å². The van der Waals surface area contributed by atoms with Crippen molar-refractivity contribution in [3.63, 3.8) is 0 Å². The van der Waals surface area contributed by atoms with Crippen LogP contribution in [0.4, 0.5) is 16.2 Å². The summed E-state index contributed by atoms with van der Waals surface area (Å²) in [5, 5.41) is 5.53. The quantitative estimate of drug-likeness (QED) is 0.861. The molecule has 1 fully saturated rings. The number of urea groups is 1. The van der Waals surface area contributed by atoms with E-state index in [1.165, 1.54) is 25.7 Å². The van der Waals surface area contributed by atoms with Gasteiger partial charge in [-0.3, -0.25) is 4.79 Å². The number of likely N-dealkylation sites (N-methyl/N-ethyl adjacent to an activating group) is 1. The van der Waals surface area contributed by atoms with Crippen LogP contribution >= 0.6 is 0 Å². The molecule has 0 bridgehead atoms. The number of carbonyl (C=O) groups is 2. The molecule has 1 aliphatic heterocycles. The second kappa shape index (κ2) is 9.30. The lowest BCUT2D eigenvalue weighted by atomic mass is 10.2. The minimum Gasteiger partial charge on any atom is -0.371 e. The molecule has 2 N–H and O–H groups in total. The molecule has 25 heavy (non-hydrogen) atoms. The molecule has 0 aromatic heterocycles. The molecule has 1 atom stereocenters. The first-order chi connectivity index (χ1) is 12.0. The lowest BCUT2D eigenvalue weighted by molar-refractivity contribution is -0.131. The number of benzene rings is 1. The highest BCUT2D eigenvalue weighted by molar-refractivity contribution is 5.93. The summed E-state index contributed by atoms with van der Waals surface area (Å²) in [5.41, 5.74) is 1.87. The molecule has 6 heteroatoms. The average molecular weight is 346 g/mol. The molecule has 1 heterocycles. The largest absolute Gasteiger partial charge is 0.371 e. The first-order valence-corrected chi connectivity index (χ1v) is 9.18. The summed E-state index contributed by atoms with van der Waals surface area (Å²) in [6, 6.07) is 6.98. The van der Waals surface area contributed by atoms with E-state index in [9.17, 15) is 9.59 Å². The zero-order valence-electron chi connectivity index (χ0n) is 15.5. The van der Waals surface area contributed by atoms with Crippen molar-refractivity contribution in [1.82, 2.24) is 10.2 Å². The van der Waals surface area contributed by atoms with Crippen molar-refractivity contribution in [3.8, 4) is 0 Å². The van der Waals surface area contributed by atoms with E-state index in [4.69, 9.17) is 0 Å². The third-order valence-corrected chi connectivity index (χ3v) is 4.64. The van der Waals surface area contributed by atoms with Gasteiger partial charge in [0.15, 0.2) is 0 Å². The smallest absolute Gasteiger partial charge is 0.319 e. The van der Waals surface area contributed by atoms with Crippen molar-refractivity contribution in [1.29, 1.82) is 0 Å². The van der Waals surface area contributed by atoms with E-state index in [1.807, 2.05) is 25.1 Å². The number of hydrogen-bond donors (Lipinski definition) is 2. The molecular weight excluding hydrogens is 316 g/mol. The van der Waals surface area contributed by atoms with E-state index in [0.717, 1.165) is 24.5 Å². The fraction of sp³-hybridized carbons (Fsp3) is 0.579. The predicted molar refractivity (Wildman–Crippen MR) is 102 cm³/mol. The molecule has 0 unspecified atom stereocenters. The fourth-order valence-corrected chi connectivity index (χ4v) is 3.02. The maximum absolute atomic E-state index is 12.2. The topological polar surface area (TPSA) is 64.7 Å². The monoisotopic (exact) mass is 346 g/mol. The van der Waals surface area contributed by atoms with E-state index in [-0.39, 0.29) is 11.9 Å². The predicted octanol–water partition coefficient (Wildman–Crippen LogP) is 3.06. The Bertz CT molecular complexity index is 583. The van der Waals surface area contributed by atoms with Gasteiger partial charge in [-0.05, 0) is 44.9 Å². The van der Waals surface area contributed by atoms with E-state index >= 15 is 0 Å². The molecule has 0 saturated carbocycles. The molecule has 0 aliphatic carbocycles. The number of rotatable bonds is 5. The molecule has 6 nitrogen and oxygen atoms in total. The van der Waals surface area contributed by atoms with Crippen molar-refractivity contribution in [2.45, 2.75) is 45.6 Å². The van der Waals surface area contributed by atoms with Crippen LogP contribution in [0.3, 0.4) is 0 Å². The van der Waals surface area contributed by atoms with Gasteiger partial charge in [0.1, 0.15) is 6.04 Å². The summed E-state index contributed by atoms with van der Waals surface area (Å²) in [4.78, 5) is 28.2. The number of anilines is 2. The summed E-state index contributed by atoms with van der Waals surface area (Å²) >= 11 is 0. The van der Waals surface area contributed by atoms with Crippen molar-refractivity contribution >= 4 is 23.3 Å². The average Bonchev–Trinajstić information content (AvgIpc) is 2.89. The van der Waals surface area contributed by atoms with Gasteiger partial charge in [-0.25, -0.2) is 4.79 Å². The fourth-order valence-electron chi connectivity index (χ4n) is 3.02. The van der Waals surface area contributed by atoms with Crippen LogP contribution in [0.2, 0.25) is 0 Å². The highest BCUT2D eigenvalue weighted by atomic mass is 16.2. The second-order valence-electron chi connectivity index (χ2n) is 6.62. The van der Waals surface area contributed by atoms with Gasteiger partial charge in [0.05, 0.1) is 0 Å². The molecule has 1 saturated heterocycles. The Hall–Kier alpha value is -2.24. The number of nitrogens with one attached hydrogen (secondary N) is 2. The summed E-state index contributed by atoms with van der Waals surface area (Å²) in [6.45, 7) is 6.33. The molecule has 138 valence electrons. The van der Waals surface area contributed by atoms with E-state index in [2.05, 4.69) is 21.6 Å². The van der Waals surface area contributed by atoms with E-state index < -0.39 is 6.04 Å². The number of hydrogen-bond acceptors (Lipinski definition) is 3. The molecule has 1 aromatic rings. The van der Waals surface area contributed by atoms with E-state index in [0.29, 0.717) is 6.54 Å². The van der Waals surface area contributed by atoms with Gasteiger partial charge in [0, 0.05) is 38.1 Å². The Morgan fingerprint density at radius 1 is 1.20 bits per heavy atom. The summed E-state index contributed by atoms with van der Waals surface area (Å²) in [5.74, 6) is -0.101. The van der Waals surface area contributed by atoms with Crippen molar-refractivity contribution in [3.05, 3.63) is 24.3 Å². The van der Waals surface area contributed by atoms with Crippen LogP contribution in [0.15, 0.2) is 24.3 Å². The molecule has 0 spiro atoms. The van der Waals surface area contributed by atoms with Gasteiger partial charge in [-0.2, -0.15) is 0 Å². The molecule has 1 aromatic carbocycles. The van der Waals surface area contributed by atoms with Crippen LogP contribution < -0.4 is 15.5 Å². The van der Waals surface area contributed by atoms with Crippen LogP contribution in [0.5, 0.6) is 0 Å². The third-order valence-electron chi connectivity index (χ3n) is 4.64. The van der Waals surface area contributed by atoms with E-state index in [1.54, 1.807) is 18.9 Å². The SMILES string of the molecule is CCN(C)C(=O)[C@H](C)NC(=O)Nc1cccc(N2CCCCCC2)c1. The van der Waals surface area contributed by atoms with Crippen LogP contribution in [-0.2, 0) is 4.79 Å². The Morgan fingerprint density at radius 3 is 2.52 bits per heavy atom. The lowest BCUT2D eigenvalue weighted by Gasteiger charge is -2.23. The van der Waals surface area contributed by atoms with Gasteiger partial charge in [-0.15, -0.1) is 0 Å². The Balaban J connectivity index is 1.94. The van der Waals surface area contributed by atoms with Crippen LogP contribution in [0.1, 0.15) is 39.5 Å². The van der Waals surface area contributed by atoms with Gasteiger partial charge >= 0.3 is 6.03 Å². The Labute approximate surface area is 150 Å². The van der Waals surface area contributed by atoms with Crippen LogP contribution in [0, 0.1) is 0 Å². The Morgan fingerprint density at radius 2 is 1.88 bits per heavy atom. The summed E-state index contributed by atoms with van der Waals surface area (Å²) < 4.78 is 0. The molecule has 2 rings (SSSR count). The summed E-state index contributed by atoms with van der Waals surface area (Å²) in [7, 11) is 1.73. The lowest BCUT2D eigenvalue weighted by Crippen LogP contribution is -2.46. The molecular formula is C19H30N4O2. The molecule has 1 aliphatic rings. The molecule has 3 amide bonds. The van der Waals surface area contributed by atoms with Gasteiger partial charge in [0.25, 0.3) is 0 Å². The highest BCUT2D eigenvalue weighted by Crippen LogP contribution is 2.22. The first-order valence-electron chi connectivity index (χ1n) is 9.18. The zero-order valence-corrected chi connectivity index (χ0v) is 15.5. The maximum atomic E-state index is 12.2. The standard InChI is InChI=1S/C19H30N4O2/c1-4-22(3)18(24)15(2)20-19(25)21-16-10-9-11-17(14-16)23-12-7-5-6-8-13-23/h9-11,14-15H,4-8,12-13H2,1-3H3,(H2,20,21,25)/t15-/m0/s1. The van der Waals surface area contributed by atoms with Crippen LogP contribution in [0.25, 0.3) is 0 Å². The minimum absolute atomic E-state index is 0.101. The maximum Gasteiger partial charge on any atom is 0.319 e. The van der Waals surface area contributed by atoms with Gasteiger partial charge < -0.3 is 20.4 Å². The number of carbonyl (C=O) groups excluding carboxylic acids is 2.